The number of nitrogens with zero attached hydrogens (tertiary/aromatic N) is 3. The topological polar surface area (TPSA) is 67.2 Å². The average molecular weight is 361 g/mol. The van der Waals surface area contributed by atoms with Crippen LogP contribution in [0.25, 0.3) is 0 Å². The van der Waals surface area contributed by atoms with E-state index in [1.165, 1.54) is 0 Å². The first-order valence-corrected chi connectivity index (χ1v) is 8.72. The molecule has 0 fully saturated rings. The molecule has 2 amide bonds. The maximum absolute atomic E-state index is 12.7. The average Bonchev–Trinajstić information content (AvgIpc) is 2.95. The zero-order chi connectivity index (χ0) is 18.0. The van der Waals surface area contributed by atoms with Crippen LogP contribution in [0.2, 0.25) is 5.02 Å². The molecule has 132 valence electrons. The molecular formula is C18H21ClN4O2. The Hall–Kier alpha value is -2.34. The number of aromatic nitrogens is 2. The zero-order valence-corrected chi connectivity index (χ0v) is 15.1. The molecule has 0 radical (unpaired) electrons. The van der Waals surface area contributed by atoms with Gasteiger partial charge in [-0.1, -0.05) is 18.5 Å². The quantitative estimate of drug-likeness (QED) is 0.909. The van der Waals surface area contributed by atoms with E-state index < -0.39 is 0 Å². The van der Waals surface area contributed by atoms with Gasteiger partial charge in [0.2, 0.25) is 5.91 Å². The number of rotatable bonds is 4. The minimum atomic E-state index is -0.00986. The summed E-state index contributed by atoms with van der Waals surface area (Å²) in [5.41, 5.74) is 2.66. The Morgan fingerprint density at radius 1 is 1.28 bits per heavy atom. The van der Waals surface area contributed by atoms with Gasteiger partial charge < -0.3 is 14.8 Å². The van der Waals surface area contributed by atoms with Gasteiger partial charge in [-0.25, -0.2) is 4.98 Å². The summed E-state index contributed by atoms with van der Waals surface area (Å²) in [6, 6.07) is 6.94. The minimum Gasteiger partial charge on any atom is -0.349 e. The monoisotopic (exact) mass is 360 g/mol. The molecule has 1 aromatic heterocycles. The van der Waals surface area contributed by atoms with Crippen molar-refractivity contribution in [1.82, 2.24) is 19.8 Å². The van der Waals surface area contributed by atoms with E-state index in [0.29, 0.717) is 43.1 Å². The Balaban J connectivity index is 1.74. The molecule has 7 heteroatoms. The number of hydrogen-bond acceptors (Lipinski definition) is 3. The predicted molar refractivity (Wildman–Crippen MR) is 95.2 cm³/mol. The SMILES string of the molecule is CCC(=O)NCc1nc2c(n1C)CN(C(=O)c1ccc(Cl)cc1)CC2. The minimum absolute atomic E-state index is 0.000477. The van der Waals surface area contributed by atoms with E-state index in [4.69, 9.17) is 11.6 Å². The number of amides is 2. The van der Waals surface area contributed by atoms with Crippen LogP contribution >= 0.6 is 11.6 Å². The van der Waals surface area contributed by atoms with Gasteiger partial charge in [0.1, 0.15) is 5.82 Å². The van der Waals surface area contributed by atoms with Crippen LogP contribution in [-0.4, -0.2) is 32.8 Å². The summed E-state index contributed by atoms with van der Waals surface area (Å²) in [6.45, 7) is 3.37. The largest absolute Gasteiger partial charge is 0.349 e. The van der Waals surface area contributed by atoms with Gasteiger partial charge in [-0.3, -0.25) is 9.59 Å². The predicted octanol–water partition coefficient (Wildman–Crippen LogP) is 2.30. The summed E-state index contributed by atoms with van der Waals surface area (Å²) >= 11 is 5.89. The molecule has 0 saturated carbocycles. The van der Waals surface area contributed by atoms with Crippen LogP contribution in [0.5, 0.6) is 0 Å². The van der Waals surface area contributed by atoms with E-state index >= 15 is 0 Å². The lowest BCUT2D eigenvalue weighted by Gasteiger charge is -2.27. The first-order valence-electron chi connectivity index (χ1n) is 8.34. The third kappa shape index (κ3) is 3.69. The molecule has 2 aromatic rings. The Morgan fingerprint density at radius 3 is 2.68 bits per heavy atom. The molecule has 0 aliphatic carbocycles. The summed E-state index contributed by atoms with van der Waals surface area (Å²) in [4.78, 5) is 30.6. The Bertz CT molecular complexity index is 798. The van der Waals surface area contributed by atoms with Gasteiger partial charge in [0.25, 0.3) is 5.91 Å². The number of hydrogen-bond donors (Lipinski definition) is 1. The third-order valence-corrected chi connectivity index (χ3v) is 4.74. The molecule has 0 unspecified atom stereocenters. The van der Waals surface area contributed by atoms with Crippen LogP contribution in [0.1, 0.15) is 40.9 Å². The highest BCUT2D eigenvalue weighted by atomic mass is 35.5. The van der Waals surface area contributed by atoms with Crippen LogP contribution < -0.4 is 5.32 Å². The fourth-order valence-corrected chi connectivity index (χ4v) is 3.08. The number of nitrogens with one attached hydrogen (secondary N) is 1. The third-order valence-electron chi connectivity index (χ3n) is 4.49. The van der Waals surface area contributed by atoms with Gasteiger partial charge in [0, 0.05) is 37.0 Å². The molecule has 25 heavy (non-hydrogen) atoms. The highest BCUT2D eigenvalue weighted by molar-refractivity contribution is 6.30. The second-order valence-electron chi connectivity index (χ2n) is 6.09. The van der Waals surface area contributed by atoms with Crippen molar-refractivity contribution in [1.29, 1.82) is 0 Å². The van der Waals surface area contributed by atoms with Crippen molar-refractivity contribution < 1.29 is 9.59 Å². The molecular weight excluding hydrogens is 340 g/mol. The van der Waals surface area contributed by atoms with Gasteiger partial charge in [-0.15, -0.1) is 0 Å². The second-order valence-corrected chi connectivity index (χ2v) is 6.53. The van der Waals surface area contributed by atoms with Gasteiger partial charge in [0.05, 0.1) is 24.5 Å². The van der Waals surface area contributed by atoms with Crippen LogP contribution in [-0.2, 0) is 31.4 Å². The van der Waals surface area contributed by atoms with Gasteiger partial charge in [0.15, 0.2) is 0 Å². The van der Waals surface area contributed by atoms with Crippen LogP contribution in [0.3, 0.4) is 0 Å². The van der Waals surface area contributed by atoms with Gasteiger partial charge in [-0.05, 0) is 24.3 Å². The molecule has 1 aliphatic rings. The molecule has 2 heterocycles. The van der Waals surface area contributed by atoms with Gasteiger partial charge in [-0.2, -0.15) is 0 Å². The summed E-state index contributed by atoms with van der Waals surface area (Å²) in [5.74, 6) is 0.803. The van der Waals surface area contributed by atoms with Crippen LogP contribution in [0.4, 0.5) is 0 Å². The fourth-order valence-electron chi connectivity index (χ4n) is 2.95. The van der Waals surface area contributed by atoms with E-state index in [2.05, 4.69) is 10.3 Å². The van der Waals surface area contributed by atoms with E-state index in [0.717, 1.165) is 17.2 Å². The maximum Gasteiger partial charge on any atom is 0.254 e. The maximum atomic E-state index is 12.7. The molecule has 6 nitrogen and oxygen atoms in total. The van der Waals surface area contributed by atoms with E-state index in [1.54, 1.807) is 24.3 Å². The molecule has 1 N–H and O–H groups in total. The van der Waals surface area contributed by atoms with Crippen molar-refractivity contribution in [2.24, 2.45) is 7.05 Å². The first-order chi connectivity index (χ1) is 12.0. The Labute approximate surface area is 151 Å². The molecule has 1 aromatic carbocycles. The van der Waals surface area contributed by atoms with E-state index in [1.807, 2.05) is 23.4 Å². The van der Waals surface area contributed by atoms with Crippen molar-refractivity contribution >= 4 is 23.4 Å². The lowest BCUT2D eigenvalue weighted by Crippen LogP contribution is -2.36. The highest BCUT2D eigenvalue weighted by Crippen LogP contribution is 2.21. The molecule has 0 spiro atoms. The number of carbonyl (C=O) groups excluding carboxylic acids is 2. The Morgan fingerprint density at radius 2 is 2.00 bits per heavy atom. The molecule has 1 aliphatic heterocycles. The highest BCUT2D eigenvalue weighted by Gasteiger charge is 2.26. The van der Waals surface area contributed by atoms with Crippen molar-refractivity contribution in [2.75, 3.05) is 6.54 Å². The molecule has 0 saturated heterocycles. The second kappa shape index (κ2) is 7.27. The lowest BCUT2D eigenvalue weighted by molar-refractivity contribution is -0.120. The number of carbonyl (C=O) groups is 2. The van der Waals surface area contributed by atoms with Crippen LogP contribution in [0, 0.1) is 0 Å². The van der Waals surface area contributed by atoms with E-state index in [-0.39, 0.29) is 11.8 Å². The summed E-state index contributed by atoms with van der Waals surface area (Å²) in [7, 11) is 1.93. The fraction of sp³-hybridized carbons (Fsp3) is 0.389. The lowest BCUT2D eigenvalue weighted by atomic mass is 10.1. The van der Waals surface area contributed by atoms with Crippen molar-refractivity contribution in [3.05, 3.63) is 52.1 Å². The zero-order valence-electron chi connectivity index (χ0n) is 14.4. The summed E-state index contributed by atoms with van der Waals surface area (Å²) in [6.07, 6.45) is 1.16. The van der Waals surface area contributed by atoms with Crippen LogP contribution in [0.15, 0.2) is 24.3 Å². The Kier molecular flexibility index (Phi) is 5.08. The molecule has 3 rings (SSSR count). The van der Waals surface area contributed by atoms with Gasteiger partial charge >= 0.3 is 0 Å². The van der Waals surface area contributed by atoms with Crippen molar-refractivity contribution in [3.63, 3.8) is 0 Å². The normalized spacial score (nSPS) is 13.5. The first kappa shape index (κ1) is 17.5. The number of fused-ring (bicyclic) bond motifs is 1. The molecule has 0 atom stereocenters. The summed E-state index contributed by atoms with van der Waals surface area (Å²) < 4.78 is 1.98. The number of benzene rings is 1. The smallest absolute Gasteiger partial charge is 0.254 e. The van der Waals surface area contributed by atoms with Crippen molar-refractivity contribution in [2.45, 2.75) is 32.9 Å². The molecule has 0 bridgehead atoms. The standard InChI is InChI=1S/C18H21ClN4O2/c1-3-17(24)20-10-16-21-14-8-9-23(11-15(14)22(16)2)18(25)12-4-6-13(19)7-5-12/h4-7H,3,8-11H2,1-2H3,(H,20,24). The number of imidazole rings is 1. The van der Waals surface area contributed by atoms with E-state index in [9.17, 15) is 9.59 Å². The summed E-state index contributed by atoms with van der Waals surface area (Å²) in [5, 5.41) is 3.46. The number of halogens is 1. The van der Waals surface area contributed by atoms with Crippen molar-refractivity contribution in [3.8, 4) is 0 Å².